The van der Waals surface area contributed by atoms with Crippen molar-refractivity contribution in [3.8, 4) is 11.8 Å². The van der Waals surface area contributed by atoms with Gasteiger partial charge in [-0.25, -0.2) is 4.79 Å². The zero-order chi connectivity index (χ0) is 31.9. The number of fused-ring (bicyclic) bond motifs is 5. The molecule has 0 aromatic rings. The molecule has 1 aliphatic heterocycles. The summed E-state index contributed by atoms with van der Waals surface area (Å²) in [5, 5.41) is 33.8. The highest BCUT2D eigenvalue weighted by molar-refractivity contribution is 5.88. The Morgan fingerprint density at radius 1 is 1.09 bits per heavy atom. The number of carbonyl (C=O) groups is 1. The summed E-state index contributed by atoms with van der Waals surface area (Å²) in [6.07, 6.45) is 7.06. The van der Waals surface area contributed by atoms with E-state index in [0.29, 0.717) is 55.3 Å². The lowest BCUT2D eigenvalue weighted by molar-refractivity contribution is -0.236. The molecule has 3 N–H and O–H groups in total. The smallest absolute Gasteiger partial charge is 0.331 e. The quantitative estimate of drug-likeness (QED) is 0.200. The minimum atomic E-state index is -0.930. The number of rotatable bonds is 7. The van der Waals surface area contributed by atoms with Crippen LogP contribution in [0.15, 0.2) is 22.8 Å². The van der Waals surface area contributed by atoms with E-state index in [1.54, 1.807) is 0 Å². The molecule has 4 saturated carbocycles. The van der Waals surface area contributed by atoms with E-state index in [-0.39, 0.29) is 34.2 Å². The molecule has 0 radical (unpaired) electrons. The summed E-state index contributed by atoms with van der Waals surface area (Å²) < 4.78 is 11.8. The van der Waals surface area contributed by atoms with Gasteiger partial charge in [0.05, 0.1) is 38.1 Å². The summed E-state index contributed by atoms with van der Waals surface area (Å²) in [6, 6.07) is 0. The van der Waals surface area contributed by atoms with Gasteiger partial charge in [-0.15, -0.1) is 0 Å². The number of morpholine rings is 1. The third-order valence-corrected chi connectivity index (χ3v) is 13.1. The molecule has 7 heteroatoms. The number of hydrogen-bond acceptors (Lipinski definition) is 6. The van der Waals surface area contributed by atoms with E-state index in [4.69, 9.17) is 9.47 Å². The number of nitrogens with zero attached hydrogens (tertiary/aromatic N) is 1. The van der Waals surface area contributed by atoms with Gasteiger partial charge in [-0.2, -0.15) is 0 Å². The Morgan fingerprint density at radius 2 is 1.82 bits per heavy atom. The summed E-state index contributed by atoms with van der Waals surface area (Å²) in [5.41, 5.74) is 1.69. The lowest BCUT2D eigenvalue weighted by Crippen LogP contribution is -2.65. The number of carboxylic acid groups (broad SMARTS) is 1. The maximum absolute atomic E-state index is 12.5. The van der Waals surface area contributed by atoms with Crippen LogP contribution in [0.25, 0.3) is 0 Å². The standard InChI is InChI=1S/C37H57NO6/c1-24(2)10-9-11-26(34(41)42)32-28-22-29(39)33-35(4)14-13-31(44-19-8-7-16-38-17-20-43-21-18-38)25(3)27(35)12-15-36(33,5)37(28,6)23-30(32)40/h10,25,27-31,33,39-40H,9,11-23H2,1-6H3,(H,41,42)/b32-26-/t25-,27?,28+,29+,30-,31-,33+,35-,36-,37-/m0/s1. The lowest BCUT2D eigenvalue weighted by atomic mass is 9.36. The number of aliphatic hydroxyl groups is 2. The van der Waals surface area contributed by atoms with E-state index in [0.717, 1.165) is 64.1 Å². The van der Waals surface area contributed by atoms with Crippen LogP contribution < -0.4 is 0 Å². The van der Waals surface area contributed by atoms with Crippen LogP contribution >= 0.6 is 0 Å². The second-order valence-electron chi connectivity index (χ2n) is 15.6. The van der Waals surface area contributed by atoms with E-state index in [1.165, 1.54) is 0 Å². The minimum Gasteiger partial charge on any atom is -0.478 e. The van der Waals surface area contributed by atoms with Gasteiger partial charge >= 0.3 is 5.97 Å². The summed E-state index contributed by atoms with van der Waals surface area (Å²) in [4.78, 5) is 14.9. The molecular formula is C37H57NO6. The summed E-state index contributed by atoms with van der Waals surface area (Å²) in [7, 11) is 0. The summed E-state index contributed by atoms with van der Waals surface area (Å²) in [5.74, 6) is 6.38. The van der Waals surface area contributed by atoms with Crippen molar-refractivity contribution in [2.45, 2.75) is 111 Å². The van der Waals surface area contributed by atoms with Gasteiger partial charge in [-0.3, -0.25) is 4.90 Å². The van der Waals surface area contributed by atoms with Crippen LogP contribution in [0.1, 0.15) is 92.9 Å². The third kappa shape index (κ3) is 5.95. The molecule has 0 amide bonds. The fraction of sp³-hybridized carbons (Fsp3) is 0.811. The molecule has 5 rings (SSSR count). The highest BCUT2D eigenvalue weighted by Gasteiger charge is 2.70. The maximum atomic E-state index is 12.5. The number of carboxylic acids is 1. The average molecular weight is 612 g/mol. The van der Waals surface area contributed by atoms with E-state index < -0.39 is 18.2 Å². The second-order valence-corrected chi connectivity index (χ2v) is 15.6. The molecule has 1 heterocycles. The van der Waals surface area contributed by atoms with Crippen molar-refractivity contribution in [3.63, 3.8) is 0 Å². The summed E-state index contributed by atoms with van der Waals surface area (Å²) >= 11 is 0. The molecule has 5 fully saturated rings. The highest BCUT2D eigenvalue weighted by atomic mass is 16.5. The Bertz CT molecular complexity index is 1190. The summed E-state index contributed by atoms with van der Waals surface area (Å²) in [6.45, 7) is 18.1. The molecule has 0 spiro atoms. The molecule has 1 saturated heterocycles. The fourth-order valence-electron chi connectivity index (χ4n) is 10.9. The number of aliphatic hydroxyl groups excluding tert-OH is 2. The van der Waals surface area contributed by atoms with Crippen LogP contribution in [-0.4, -0.2) is 84.0 Å². The van der Waals surface area contributed by atoms with Crippen molar-refractivity contribution in [1.82, 2.24) is 4.90 Å². The molecule has 7 nitrogen and oxygen atoms in total. The first-order valence-corrected chi connectivity index (χ1v) is 17.2. The van der Waals surface area contributed by atoms with Crippen molar-refractivity contribution in [2.24, 2.45) is 39.9 Å². The average Bonchev–Trinajstić information content (AvgIpc) is 3.22. The van der Waals surface area contributed by atoms with Crippen LogP contribution in [0.3, 0.4) is 0 Å². The Labute approximate surface area is 265 Å². The largest absolute Gasteiger partial charge is 0.478 e. The second kappa shape index (κ2) is 13.2. The molecule has 4 aliphatic carbocycles. The number of hydrogen-bond donors (Lipinski definition) is 3. The van der Waals surface area contributed by atoms with Gasteiger partial charge in [0.2, 0.25) is 0 Å². The van der Waals surface area contributed by atoms with Crippen molar-refractivity contribution in [2.75, 3.05) is 39.5 Å². The van der Waals surface area contributed by atoms with Crippen LogP contribution in [0.5, 0.6) is 0 Å². The van der Waals surface area contributed by atoms with Gasteiger partial charge in [-0.1, -0.05) is 51.2 Å². The first kappa shape index (κ1) is 33.7. The minimum absolute atomic E-state index is 0.0435. The fourth-order valence-corrected chi connectivity index (χ4v) is 10.9. The molecule has 1 unspecified atom stereocenters. The van der Waals surface area contributed by atoms with E-state index in [9.17, 15) is 20.1 Å². The Balaban J connectivity index is 1.33. The molecule has 10 atom stereocenters. The zero-order valence-electron chi connectivity index (χ0n) is 28.0. The van der Waals surface area contributed by atoms with Gasteiger partial charge in [-0.05, 0) is 111 Å². The van der Waals surface area contributed by atoms with Gasteiger partial charge < -0.3 is 24.8 Å². The van der Waals surface area contributed by atoms with Gasteiger partial charge in [0.15, 0.2) is 0 Å². The Hall–Kier alpha value is -1.69. The Morgan fingerprint density at radius 3 is 2.50 bits per heavy atom. The van der Waals surface area contributed by atoms with Crippen molar-refractivity contribution >= 4 is 5.97 Å². The van der Waals surface area contributed by atoms with E-state index in [2.05, 4.69) is 50.5 Å². The number of aliphatic carboxylic acids is 1. The monoisotopic (exact) mass is 611 g/mol. The zero-order valence-corrected chi connectivity index (χ0v) is 28.0. The highest BCUT2D eigenvalue weighted by Crippen LogP contribution is 2.74. The molecule has 246 valence electrons. The normalized spacial score (nSPS) is 43.1. The number of ether oxygens (including phenoxy) is 2. The molecule has 0 aromatic heterocycles. The molecule has 0 bridgehead atoms. The lowest BCUT2D eigenvalue weighted by Gasteiger charge is -2.69. The predicted octanol–water partition coefficient (Wildman–Crippen LogP) is 5.46. The molecule has 44 heavy (non-hydrogen) atoms. The third-order valence-electron chi connectivity index (χ3n) is 13.1. The van der Waals surface area contributed by atoms with Crippen molar-refractivity contribution in [3.05, 3.63) is 22.8 Å². The predicted molar refractivity (Wildman–Crippen MR) is 172 cm³/mol. The van der Waals surface area contributed by atoms with Gasteiger partial charge in [0, 0.05) is 18.7 Å². The van der Waals surface area contributed by atoms with Crippen LogP contribution in [0, 0.1) is 51.8 Å². The molecular weight excluding hydrogens is 554 g/mol. The maximum Gasteiger partial charge on any atom is 0.331 e. The molecule has 5 aliphatic rings. The van der Waals surface area contributed by atoms with E-state index >= 15 is 0 Å². The van der Waals surface area contributed by atoms with Gasteiger partial charge in [0.1, 0.15) is 6.61 Å². The van der Waals surface area contributed by atoms with Crippen LogP contribution in [0.2, 0.25) is 0 Å². The van der Waals surface area contributed by atoms with Crippen molar-refractivity contribution in [1.29, 1.82) is 0 Å². The van der Waals surface area contributed by atoms with Crippen LogP contribution in [0.4, 0.5) is 0 Å². The molecule has 0 aromatic carbocycles. The van der Waals surface area contributed by atoms with Crippen LogP contribution in [-0.2, 0) is 14.3 Å². The topological polar surface area (TPSA) is 99.5 Å². The first-order valence-electron chi connectivity index (χ1n) is 17.2. The SMILES string of the molecule is CC(C)=CCC/C(C(=O)O)=C1\[C@H]2C[C@@H](O)[C@@H]3[C@@]4(C)CC[C@H](OCC#CCN5CCOCC5)[C@@H](C)C4CC[C@]3(C)[C@@]2(C)C[C@@H]1O. The first-order chi connectivity index (χ1) is 20.8. The van der Waals surface area contributed by atoms with E-state index in [1.807, 2.05) is 13.8 Å². The van der Waals surface area contributed by atoms with Crippen molar-refractivity contribution < 1.29 is 29.6 Å². The van der Waals surface area contributed by atoms with Gasteiger partial charge in [0.25, 0.3) is 0 Å². The number of allylic oxidation sites excluding steroid dienone is 2. The Kier molecular flexibility index (Phi) is 10.1.